The molecule has 1 saturated heterocycles. The van der Waals surface area contributed by atoms with Crippen LogP contribution >= 0.6 is 0 Å². The Morgan fingerprint density at radius 1 is 1.15 bits per heavy atom. The molecule has 1 aromatic heterocycles. The molecule has 8 nitrogen and oxygen atoms in total. The molecular weight excluding hydrogens is 449 g/mol. The SMILES string of the molecule is CC[C@@H]1CN(S(=O)c2ccc(Oc3ccc(F)cc3)cn2)[C@H](CO)CN1C(=O)OC(C)(C)C. The molecule has 1 amide bonds. The van der Waals surface area contributed by atoms with E-state index in [1.54, 1.807) is 42.1 Å². The quantitative estimate of drug-likeness (QED) is 0.679. The maximum absolute atomic E-state index is 13.3. The van der Waals surface area contributed by atoms with Crippen molar-refractivity contribution in [3.63, 3.8) is 0 Å². The number of halogens is 1. The third-order valence-electron chi connectivity index (χ3n) is 5.11. The number of carbonyl (C=O) groups excluding carboxylic acids is 1. The summed E-state index contributed by atoms with van der Waals surface area (Å²) in [5.41, 5.74) is -0.633. The van der Waals surface area contributed by atoms with Crippen molar-refractivity contribution >= 4 is 17.1 Å². The average molecular weight is 480 g/mol. The Morgan fingerprint density at radius 2 is 1.82 bits per heavy atom. The maximum atomic E-state index is 13.3. The van der Waals surface area contributed by atoms with Gasteiger partial charge < -0.3 is 19.5 Å². The summed E-state index contributed by atoms with van der Waals surface area (Å²) in [7, 11) is -1.65. The van der Waals surface area contributed by atoms with Gasteiger partial charge in [0.15, 0.2) is 0 Å². The largest absolute Gasteiger partial charge is 0.456 e. The van der Waals surface area contributed by atoms with Gasteiger partial charge in [-0.2, -0.15) is 0 Å². The van der Waals surface area contributed by atoms with E-state index in [4.69, 9.17) is 9.47 Å². The molecule has 0 bridgehead atoms. The number of pyridine rings is 1. The van der Waals surface area contributed by atoms with E-state index in [1.807, 2.05) is 6.92 Å². The fourth-order valence-corrected chi connectivity index (χ4v) is 4.74. The molecule has 0 aliphatic carbocycles. The zero-order valence-electron chi connectivity index (χ0n) is 19.2. The van der Waals surface area contributed by atoms with Crippen LogP contribution in [0.15, 0.2) is 47.6 Å². The Kier molecular flexibility index (Phi) is 8.04. The number of rotatable bonds is 6. The van der Waals surface area contributed by atoms with Crippen molar-refractivity contribution in [1.29, 1.82) is 0 Å². The fourth-order valence-electron chi connectivity index (χ4n) is 3.46. The first-order valence-electron chi connectivity index (χ1n) is 10.8. The standard InChI is InChI=1S/C23H30FN3O5S/c1-5-17-14-27(18(15-28)13-26(17)22(29)32-23(2,3)4)33(30)21-11-10-20(12-25-21)31-19-8-6-16(24)7-9-19/h6-12,17-18,28H,5,13-15H2,1-4H3/t17-,18+,33?/m1/s1. The number of aliphatic hydroxyl groups is 1. The Hall–Kier alpha value is -2.56. The van der Waals surface area contributed by atoms with E-state index in [0.717, 1.165) is 0 Å². The van der Waals surface area contributed by atoms with Gasteiger partial charge in [0.1, 0.15) is 38.9 Å². The second-order valence-corrected chi connectivity index (χ2v) is 10.2. The van der Waals surface area contributed by atoms with Crippen LogP contribution in [-0.4, -0.2) is 67.0 Å². The molecule has 1 aliphatic heterocycles. The van der Waals surface area contributed by atoms with Crippen LogP contribution in [-0.2, 0) is 15.7 Å². The molecule has 1 unspecified atom stereocenters. The number of amides is 1. The summed E-state index contributed by atoms with van der Waals surface area (Å²) in [4.78, 5) is 18.5. The Bertz CT molecular complexity index is 966. The van der Waals surface area contributed by atoms with Gasteiger partial charge in [0, 0.05) is 19.1 Å². The fraction of sp³-hybridized carbons (Fsp3) is 0.478. The van der Waals surface area contributed by atoms with Gasteiger partial charge in [-0.25, -0.2) is 22.7 Å². The highest BCUT2D eigenvalue weighted by Crippen LogP contribution is 2.26. The second kappa shape index (κ2) is 10.6. The zero-order valence-corrected chi connectivity index (χ0v) is 20.0. The number of nitrogens with zero attached hydrogens (tertiary/aromatic N) is 3. The van der Waals surface area contributed by atoms with Crippen molar-refractivity contribution < 1.29 is 28.0 Å². The van der Waals surface area contributed by atoms with Crippen molar-refractivity contribution in [3.05, 3.63) is 48.4 Å². The Morgan fingerprint density at radius 3 is 2.36 bits per heavy atom. The van der Waals surface area contributed by atoms with Crippen LogP contribution in [0.25, 0.3) is 0 Å². The number of aromatic nitrogens is 1. The van der Waals surface area contributed by atoms with E-state index < -0.39 is 28.7 Å². The lowest BCUT2D eigenvalue weighted by atomic mass is 10.1. The van der Waals surface area contributed by atoms with E-state index in [0.29, 0.717) is 29.5 Å². The van der Waals surface area contributed by atoms with Gasteiger partial charge in [0.2, 0.25) is 0 Å². The summed E-state index contributed by atoms with van der Waals surface area (Å²) in [5.74, 6) is 0.514. The van der Waals surface area contributed by atoms with Gasteiger partial charge in [0.05, 0.1) is 18.8 Å². The van der Waals surface area contributed by atoms with Crippen molar-refractivity contribution in [2.75, 3.05) is 19.7 Å². The molecule has 0 spiro atoms. The van der Waals surface area contributed by atoms with Crippen LogP contribution < -0.4 is 4.74 Å². The minimum absolute atomic E-state index is 0.196. The van der Waals surface area contributed by atoms with E-state index in [1.165, 1.54) is 30.5 Å². The normalized spacial score (nSPS) is 20.4. The van der Waals surface area contributed by atoms with Gasteiger partial charge in [-0.3, -0.25) is 0 Å². The molecule has 1 N–H and O–H groups in total. The first-order valence-corrected chi connectivity index (χ1v) is 11.9. The highest BCUT2D eigenvalue weighted by Gasteiger charge is 2.40. The average Bonchev–Trinajstić information content (AvgIpc) is 2.78. The van der Waals surface area contributed by atoms with Gasteiger partial charge in [-0.15, -0.1) is 0 Å². The molecule has 33 heavy (non-hydrogen) atoms. The topological polar surface area (TPSA) is 92.2 Å². The van der Waals surface area contributed by atoms with Crippen LogP contribution in [0.2, 0.25) is 0 Å². The molecule has 0 saturated carbocycles. The number of carbonyl (C=O) groups is 1. The van der Waals surface area contributed by atoms with Crippen molar-refractivity contribution in [2.24, 2.45) is 0 Å². The highest BCUT2D eigenvalue weighted by molar-refractivity contribution is 7.82. The van der Waals surface area contributed by atoms with Crippen LogP contribution in [0.4, 0.5) is 9.18 Å². The number of piperazine rings is 1. The van der Waals surface area contributed by atoms with Crippen LogP contribution in [0, 0.1) is 5.82 Å². The molecule has 1 aliphatic rings. The van der Waals surface area contributed by atoms with Crippen molar-refractivity contribution in [1.82, 2.24) is 14.2 Å². The summed E-state index contributed by atoms with van der Waals surface area (Å²) >= 11 is 0. The molecule has 2 heterocycles. The van der Waals surface area contributed by atoms with Gasteiger partial charge in [-0.1, -0.05) is 6.92 Å². The van der Waals surface area contributed by atoms with Crippen LogP contribution in [0.5, 0.6) is 11.5 Å². The highest BCUT2D eigenvalue weighted by atomic mass is 32.2. The smallest absolute Gasteiger partial charge is 0.410 e. The molecule has 180 valence electrons. The minimum Gasteiger partial charge on any atom is -0.456 e. The number of ether oxygens (including phenoxy) is 2. The predicted molar refractivity (Wildman–Crippen MR) is 122 cm³/mol. The number of hydrogen-bond acceptors (Lipinski definition) is 6. The third-order valence-corrected chi connectivity index (χ3v) is 6.58. The molecule has 1 aromatic carbocycles. The predicted octanol–water partition coefficient (Wildman–Crippen LogP) is 3.73. The number of aliphatic hydroxyl groups excluding tert-OH is 1. The van der Waals surface area contributed by atoms with Crippen molar-refractivity contribution in [3.8, 4) is 11.5 Å². The second-order valence-electron chi connectivity index (χ2n) is 8.77. The summed E-state index contributed by atoms with van der Waals surface area (Å²) in [6, 6.07) is 8.07. The Labute approximate surface area is 195 Å². The first-order chi connectivity index (χ1) is 15.6. The maximum Gasteiger partial charge on any atom is 0.410 e. The van der Waals surface area contributed by atoms with Crippen LogP contribution in [0.1, 0.15) is 34.1 Å². The molecule has 2 aromatic rings. The zero-order chi connectivity index (χ0) is 24.2. The third kappa shape index (κ3) is 6.49. The molecule has 10 heteroatoms. The molecular formula is C23H30FN3O5S. The molecule has 3 atom stereocenters. The molecule has 0 radical (unpaired) electrons. The van der Waals surface area contributed by atoms with Gasteiger partial charge in [0.25, 0.3) is 0 Å². The van der Waals surface area contributed by atoms with E-state index in [-0.39, 0.29) is 25.0 Å². The molecule has 1 fully saturated rings. The summed E-state index contributed by atoms with van der Waals surface area (Å²) < 4.78 is 39.1. The summed E-state index contributed by atoms with van der Waals surface area (Å²) in [5, 5.41) is 10.3. The van der Waals surface area contributed by atoms with E-state index in [2.05, 4.69) is 4.98 Å². The summed E-state index contributed by atoms with van der Waals surface area (Å²) in [6.45, 7) is 7.58. The first kappa shape index (κ1) is 25.1. The van der Waals surface area contributed by atoms with Crippen LogP contribution in [0.3, 0.4) is 0 Å². The lowest BCUT2D eigenvalue weighted by Crippen LogP contribution is -2.61. The molecule has 3 rings (SSSR count). The lowest BCUT2D eigenvalue weighted by Gasteiger charge is -2.44. The monoisotopic (exact) mass is 479 g/mol. The van der Waals surface area contributed by atoms with E-state index in [9.17, 15) is 18.5 Å². The van der Waals surface area contributed by atoms with Gasteiger partial charge in [-0.05, 0) is 63.6 Å². The van der Waals surface area contributed by atoms with E-state index >= 15 is 0 Å². The lowest BCUT2D eigenvalue weighted by molar-refractivity contribution is -0.00776. The van der Waals surface area contributed by atoms with Crippen molar-refractivity contribution in [2.45, 2.75) is 56.8 Å². The minimum atomic E-state index is -1.65. The Balaban J connectivity index is 1.71. The number of hydrogen-bond donors (Lipinski definition) is 1. The van der Waals surface area contributed by atoms with Gasteiger partial charge >= 0.3 is 6.09 Å². The number of benzene rings is 1. The summed E-state index contributed by atoms with van der Waals surface area (Å²) in [6.07, 6.45) is 1.64.